The number of thioether (sulfide) groups is 1. The van der Waals surface area contributed by atoms with Gasteiger partial charge < -0.3 is 0 Å². The Labute approximate surface area is 111 Å². The molecule has 1 nitrogen and oxygen atoms in total. The number of hydrogen-bond acceptors (Lipinski definition) is 2. The van der Waals surface area contributed by atoms with Gasteiger partial charge in [0.2, 0.25) is 0 Å². The summed E-state index contributed by atoms with van der Waals surface area (Å²) in [5, 5.41) is 2.10. The quantitative estimate of drug-likeness (QED) is 0.778. The summed E-state index contributed by atoms with van der Waals surface area (Å²) in [6, 6.07) is 20.9. The third-order valence-electron chi connectivity index (χ3n) is 2.99. The van der Waals surface area contributed by atoms with Gasteiger partial charge in [-0.2, -0.15) is 0 Å². The molecule has 0 amide bonds. The van der Waals surface area contributed by atoms with Crippen molar-refractivity contribution in [1.82, 2.24) is 0 Å². The van der Waals surface area contributed by atoms with E-state index in [-0.39, 0.29) is 4.87 Å². The van der Waals surface area contributed by atoms with E-state index in [1.807, 2.05) is 24.4 Å². The van der Waals surface area contributed by atoms with Gasteiger partial charge in [-0.25, -0.2) is 0 Å². The molecule has 2 aromatic carbocycles. The van der Waals surface area contributed by atoms with Crippen LogP contribution in [0.3, 0.4) is 0 Å². The fourth-order valence-electron chi connectivity index (χ4n) is 2.13. The van der Waals surface area contributed by atoms with Crippen LogP contribution in [0.1, 0.15) is 11.1 Å². The summed E-state index contributed by atoms with van der Waals surface area (Å²) in [7, 11) is 0. The first-order valence-electron chi connectivity index (χ1n) is 5.91. The van der Waals surface area contributed by atoms with Crippen molar-refractivity contribution in [3.8, 4) is 0 Å². The van der Waals surface area contributed by atoms with Gasteiger partial charge in [-0.3, -0.25) is 4.99 Å². The normalized spacial score (nSPS) is 16.7. The maximum atomic E-state index is 4.75. The minimum Gasteiger partial charge on any atom is -0.266 e. The second-order valence-electron chi connectivity index (χ2n) is 4.10. The maximum Gasteiger partial charge on any atom is 0.160 e. The van der Waals surface area contributed by atoms with Crippen LogP contribution in [0, 0.1) is 0 Å². The first-order valence-corrected chi connectivity index (χ1v) is 6.79. The van der Waals surface area contributed by atoms with Crippen LogP contribution in [0.25, 0.3) is 0 Å². The Balaban J connectivity index is 2.17. The van der Waals surface area contributed by atoms with E-state index in [1.165, 1.54) is 11.1 Å². The molecule has 0 radical (unpaired) electrons. The van der Waals surface area contributed by atoms with Gasteiger partial charge in [0.15, 0.2) is 4.87 Å². The predicted octanol–water partition coefficient (Wildman–Crippen LogP) is 4.22. The molecule has 2 heteroatoms. The smallest absolute Gasteiger partial charge is 0.160 e. The number of rotatable bonds is 2. The molecular weight excluding hydrogens is 238 g/mol. The Hall–Kier alpha value is -1.80. The lowest BCUT2D eigenvalue weighted by Crippen LogP contribution is -2.21. The van der Waals surface area contributed by atoms with Crippen molar-refractivity contribution in [3.63, 3.8) is 0 Å². The Morgan fingerprint density at radius 1 is 0.778 bits per heavy atom. The van der Waals surface area contributed by atoms with Gasteiger partial charge in [-0.15, -0.1) is 0 Å². The molecule has 0 unspecified atom stereocenters. The first-order chi connectivity index (χ1) is 8.92. The topological polar surface area (TPSA) is 12.4 Å². The average Bonchev–Trinajstić information content (AvgIpc) is 2.50. The van der Waals surface area contributed by atoms with Crippen LogP contribution in [0.5, 0.6) is 0 Å². The molecule has 0 aliphatic carbocycles. The minimum atomic E-state index is -0.336. The molecule has 18 heavy (non-hydrogen) atoms. The van der Waals surface area contributed by atoms with E-state index in [2.05, 4.69) is 53.9 Å². The van der Waals surface area contributed by atoms with Crippen LogP contribution < -0.4 is 0 Å². The second-order valence-corrected chi connectivity index (χ2v) is 5.20. The molecule has 0 saturated heterocycles. The number of benzene rings is 2. The van der Waals surface area contributed by atoms with Crippen molar-refractivity contribution < 1.29 is 0 Å². The molecule has 88 valence electrons. The van der Waals surface area contributed by atoms with Crippen molar-refractivity contribution in [2.45, 2.75) is 4.87 Å². The molecule has 2 aromatic rings. The standard InChI is InChI=1S/C16H13NS/c1-3-8-14(9-4-1)16(17-12-7-13-18-16)15-10-5-2-6-11-15/h1-13H. The number of nitrogens with zero attached hydrogens (tertiary/aromatic N) is 1. The number of allylic oxidation sites excluding steroid dienone is 1. The van der Waals surface area contributed by atoms with Crippen LogP contribution in [0.4, 0.5) is 0 Å². The SMILES string of the molecule is C1=CSC(c2ccccc2)(c2ccccc2)N=C1. The molecule has 0 atom stereocenters. The van der Waals surface area contributed by atoms with E-state index in [0.717, 1.165) is 0 Å². The minimum absolute atomic E-state index is 0.336. The monoisotopic (exact) mass is 251 g/mol. The van der Waals surface area contributed by atoms with Gasteiger partial charge in [0.05, 0.1) is 0 Å². The van der Waals surface area contributed by atoms with Gasteiger partial charge in [-0.05, 0) is 22.6 Å². The zero-order valence-electron chi connectivity index (χ0n) is 9.86. The first kappa shape index (κ1) is 11.3. The summed E-state index contributed by atoms with van der Waals surface area (Å²) in [6.45, 7) is 0. The van der Waals surface area contributed by atoms with Gasteiger partial charge >= 0.3 is 0 Å². The molecule has 0 bridgehead atoms. The van der Waals surface area contributed by atoms with Gasteiger partial charge in [0.25, 0.3) is 0 Å². The van der Waals surface area contributed by atoms with Crippen LogP contribution in [0.2, 0.25) is 0 Å². The summed E-state index contributed by atoms with van der Waals surface area (Å²) >= 11 is 1.74. The van der Waals surface area contributed by atoms with E-state index in [0.29, 0.717) is 0 Å². The largest absolute Gasteiger partial charge is 0.266 e. The number of aliphatic imine (C=N–C) groups is 1. The molecule has 3 rings (SSSR count). The zero-order valence-corrected chi connectivity index (χ0v) is 10.7. The predicted molar refractivity (Wildman–Crippen MR) is 78.9 cm³/mol. The number of hydrogen-bond donors (Lipinski definition) is 0. The molecular formula is C16H13NS. The fraction of sp³-hybridized carbons (Fsp3) is 0.0625. The molecule has 1 heterocycles. The van der Waals surface area contributed by atoms with Gasteiger partial charge in [-0.1, -0.05) is 72.4 Å². The summed E-state index contributed by atoms with van der Waals surface area (Å²) in [5.74, 6) is 0. The molecule has 0 spiro atoms. The molecule has 1 aliphatic heterocycles. The van der Waals surface area contributed by atoms with Crippen molar-refractivity contribution in [2.75, 3.05) is 0 Å². The van der Waals surface area contributed by atoms with E-state index in [4.69, 9.17) is 4.99 Å². The maximum absolute atomic E-state index is 4.75. The molecule has 0 aromatic heterocycles. The Morgan fingerprint density at radius 3 is 1.78 bits per heavy atom. The van der Waals surface area contributed by atoms with E-state index in [1.54, 1.807) is 11.8 Å². The fourth-order valence-corrected chi connectivity index (χ4v) is 3.14. The summed E-state index contributed by atoms with van der Waals surface area (Å²) in [6.07, 6.45) is 3.87. The summed E-state index contributed by atoms with van der Waals surface area (Å²) in [5.41, 5.74) is 2.42. The van der Waals surface area contributed by atoms with E-state index in [9.17, 15) is 0 Å². The molecule has 1 aliphatic rings. The van der Waals surface area contributed by atoms with Crippen molar-refractivity contribution in [2.24, 2.45) is 4.99 Å². The van der Waals surface area contributed by atoms with Gasteiger partial charge in [0, 0.05) is 6.21 Å². The highest BCUT2D eigenvalue weighted by Crippen LogP contribution is 2.45. The lowest BCUT2D eigenvalue weighted by Gasteiger charge is -2.30. The van der Waals surface area contributed by atoms with E-state index >= 15 is 0 Å². The van der Waals surface area contributed by atoms with Crippen LogP contribution in [-0.2, 0) is 4.87 Å². The highest BCUT2D eigenvalue weighted by Gasteiger charge is 2.33. The van der Waals surface area contributed by atoms with Gasteiger partial charge in [0.1, 0.15) is 0 Å². The molecule has 0 N–H and O–H groups in total. The van der Waals surface area contributed by atoms with E-state index < -0.39 is 0 Å². The third kappa shape index (κ3) is 1.89. The van der Waals surface area contributed by atoms with Crippen LogP contribution >= 0.6 is 11.8 Å². The van der Waals surface area contributed by atoms with Crippen LogP contribution in [0.15, 0.2) is 77.1 Å². The molecule has 0 fully saturated rings. The lowest BCUT2D eigenvalue weighted by molar-refractivity contribution is 0.801. The highest BCUT2D eigenvalue weighted by atomic mass is 32.2. The van der Waals surface area contributed by atoms with Crippen molar-refractivity contribution >= 4 is 18.0 Å². The van der Waals surface area contributed by atoms with Crippen molar-refractivity contribution in [3.05, 3.63) is 83.3 Å². The summed E-state index contributed by atoms with van der Waals surface area (Å²) < 4.78 is 0. The average molecular weight is 251 g/mol. The summed E-state index contributed by atoms with van der Waals surface area (Å²) in [4.78, 5) is 4.42. The second kappa shape index (κ2) is 4.83. The Bertz CT molecular complexity index is 533. The zero-order chi connectivity index (χ0) is 12.3. The Kier molecular flexibility index (Phi) is 3.03. The Morgan fingerprint density at radius 2 is 1.33 bits per heavy atom. The van der Waals surface area contributed by atoms with Crippen molar-refractivity contribution in [1.29, 1.82) is 0 Å². The lowest BCUT2D eigenvalue weighted by atomic mass is 9.98. The van der Waals surface area contributed by atoms with Crippen LogP contribution in [-0.4, -0.2) is 6.21 Å². The third-order valence-corrected chi connectivity index (χ3v) is 4.20. The highest BCUT2D eigenvalue weighted by molar-refractivity contribution is 8.03. The molecule has 0 saturated carbocycles.